The van der Waals surface area contributed by atoms with E-state index in [0.29, 0.717) is 13.1 Å². The molecular weight excluding hydrogens is 266 g/mol. The fourth-order valence-corrected chi connectivity index (χ4v) is 3.19. The van der Waals surface area contributed by atoms with Gasteiger partial charge in [0.25, 0.3) is 0 Å². The Hall–Kier alpha value is -2.00. The van der Waals surface area contributed by atoms with Crippen LogP contribution >= 0.6 is 0 Å². The summed E-state index contributed by atoms with van der Waals surface area (Å²) in [6, 6.07) is 2.29. The van der Waals surface area contributed by atoms with Crippen LogP contribution in [0.5, 0.6) is 0 Å². The first-order valence-electron chi connectivity index (χ1n) is 7.43. The van der Waals surface area contributed by atoms with E-state index in [2.05, 4.69) is 26.3 Å². The van der Waals surface area contributed by atoms with Crippen molar-refractivity contribution in [3.63, 3.8) is 0 Å². The maximum atomic E-state index is 12.2. The molecule has 1 aliphatic heterocycles. The highest BCUT2D eigenvalue weighted by Gasteiger charge is 2.35. The molecule has 3 rings (SSSR count). The number of carbonyl (C=O) groups excluding carboxylic acids is 1. The van der Waals surface area contributed by atoms with Crippen LogP contribution in [-0.4, -0.2) is 39.4 Å². The third-order valence-corrected chi connectivity index (χ3v) is 4.37. The van der Waals surface area contributed by atoms with Gasteiger partial charge in [-0.15, -0.1) is 0 Å². The summed E-state index contributed by atoms with van der Waals surface area (Å²) in [4.78, 5) is 22.6. The highest BCUT2D eigenvalue weighted by atomic mass is 16.2. The van der Waals surface area contributed by atoms with E-state index in [0.717, 1.165) is 44.3 Å². The van der Waals surface area contributed by atoms with Gasteiger partial charge in [-0.1, -0.05) is 0 Å². The average Bonchev–Trinajstić information content (AvgIpc) is 2.96. The summed E-state index contributed by atoms with van der Waals surface area (Å²) in [5.41, 5.74) is 1.53. The van der Waals surface area contributed by atoms with Gasteiger partial charge in [-0.3, -0.25) is 9.69 Å². The van der Waals surface area contributed by atoms with Crippen molar-refractivity contribution in [2.45, 2.75) is 44.2 Å². The largest absolute Gasteiger partial charge is 0.337 e. The van der Waals surface area contributed by atoms with E-state index in [1.165, 1.54) is 5.56 Å². The fraction of sp³-hybridized carbons (Fsp3) is 0.600. The summed E-state index contributed by atoms with van der Waals surface area (Å²) in [5, 5.41) is 12.2. The number of rotatable bonds is 3. The molecule has 2 aliphatic rings. The van der Waals surface area contributed by atoms with Crippen LogP contribution < -0.4 is 5.32 Å². The number of amides is 1. The number of carbonyl (C=O) groups is 1. The molecule has 1 aromatic rings. The highest BCUT2D eigenvalue weighted by molar-refractivity contribution is 5.79. The Morgan fingerprint density at radius 2 is 2.29 bits per heavy atom. The van der Waals surface area contributed by atoms with Crippen molar-refractivity contribution < 1.29 is 4.79 Å². The van der Waals surface area contributed by atoms with Crippen molar-refractivity contribution in [2.75, 3.05) is 13.1 Å². The van der Waals surface area contributed by atoms with Crippen LogP contribution in [-0.2, 0) is 17.8 Å². The lowest BCUT2D eigenvalue weighted by Gasteiger charge is -2.29. The molecule has 0 aromatic carbocycles. The van der Waals surface area contributed by atoms with Crippen molar-refractivity contribution >= 4 is 5.91 Å². The summed E-state index contributed by atoms with van der Waals surface area (Å²) in [6.07, 6.45) is 7.84. The fourth-order valence-electron chi connectivity index (χ4n) is 3.19. The van der Waals surface area contributed by atoms with Gasteiger partial charge in [-0.25, -0.2) is 9.97 Å². The minimum Gasteiger partial charge on any atom is -0.337 e. The molecule has 2 heterocycles. The quantitative estimate of drug-likeness (QED) is 0.887. The van der Waals surface area contributed by atoms with Gasteiger partial charge in [-0.2, -0.15) is 5.26 Å². The van der Waals surface area contributed by atoms with E-state index < -0.39 is 5.54 Å². The molecule has 1 aromatic heterocycles. The summed E-state index contributed by atoms with van der Waals surface area (Å²) in [6.45, 7) is 1.82. The number of hydrogen-bond donors (Lipinski definition) is 1. The van der Waals surface area contributed by atoms with Crippen LogP contribution in [0.25, 0.3) is 0 Å². The smallest absolute Gasteiger partial charge is 0.235 e. The van der Waals surface area contributed by atoms with Crippen LogP contribution in [0.2, 0.25) is 0 Å². The molecule has 1 saturated carbocycles. The average molecular weight is 285 g/mol. The lowest BCUT2D eigenvalue weighted by molar-refractivity contribution is -0.123. The third kappa shape index (κ3) is 3.03. The Bertz CT molecular complexity index is 574. The van der Waals surface area contributed by atoms with Gasteiger partial charge in [0.15, 0.2) is 0 Å². The van der Waals surface area contributed by atoms with E-state index in [1.54, 1.807) is 6.33 Å². The monoisotopic (exact) mass is 285 g/mol. The van der Waals surface area contributed by atoms with E-state index in [1.807, 2.05) is 6.20 Å². The van der Waals surface area contributed by atoms with Crippen molar-refractivity contribution in [3.8, 4) is 6.07 Å². The minimum absolute atomic E-state index is 0.0593. The van der Waals surface area contributed by atoms with Crippen LogP contribution in [0, 0.1) is 11.3 Å². The lowest BCUT2D eigenvalue weighted by atomic mass is 10.00. The van der Waals surface area contributed by atoms with Gasteiger partial charge < -0.3 is 5.32 Å². The Kier molecular flexibility index (Phi) is 3.84. The summed E-state index contributed by atoms with van der Waals surface area (Å²) in [5.74, 6) is -0.0593. The number of nitriles is 1. The maximum absolute atomic E-state index is 12.2. The molecule has 6 heteroatoms. The van der Waals surface area contributed by atoms with Gasteiger partial charge in [0.2, 0.25) is 5.91 Å². The Balaban J connectivity index is 1.58. The zero-order valence-corrected chi connectivity index (χ0v) is 12.0. The second-order valence-electron chi connectivity index (χ2n) is 5.90. The van der Waals surface area contributed by atoms with Gasteiger partial charge in [0.1, 0.15) is 11.9 Å². The molecule has 0 saturated heterocycles. The Morgan fingerprint density at radius 3 is 3.05 bits per heavy atom. The third-order valence-electron chi connectivity index (χ3n) is 4.37. The number of hydrogen-bond acceptors (Lipinski definition) is 5. The van der Waals surface area contributed by atoms with Crippen molar-refractivity contribution in [2.24, 2.45) is 0 Å². The van der Waals surface area contributed by atoms with Crippen LogP contribution in [0.15, 0.2) is 12.5 Å². The number of nitrogens with one attached hydrogen (secondary N) is 1. The maximum Gasteiger partial charge on any atom is 0.235 e. The van der Waals surface area contributed by atoms with E-state index in [-0.39, 0.29) is 5.91 Å². The van der Waals surface area contributed by atoms with Crippen molar-refractivity contribution in [1.82, 2.24) is 20.2 Å². The molecule has 21 heavy (non-hydrogen) atoms. The normalized spacial score (nSPS) is 20.5. The summed E-state index contributed by atoms with van der Waals surface area (Å²) >= 11 is 0. The molecule has 1 amide bonds. The van der Waals surface area contributed by atoms with E-state index >= 15 is 0 Å². The topological polar surface area (TPSA) is 81.9 Å². The molecule has 1 aliphatic carbocycles. The first kappa shape index (κ1) is 14.0. The molecule has 0 bridgehead atoms. The predicted octanol–water partition coefficient (Wildman–Crippen LogP) is 0.787. The molecule has 0 radical (unpaired) electrons. The standard InChI is InChI=1S/C15H19N5O/c16-10-15(4-1-2-5-15)19-14(21)9-20-6-3-12-7-17-11-18-13(12)8-20/h7,11H,1-6,8-9H2,(H,19,21). The number of fused-ring (bicyclic) bond motifs is 1. The van der Waals surface area contributed by atoms with E-state index in [9.17, 15) is 10.1 Å². The molecule has 110 valence electrons. The van der Waals surface area contributed by atoms with Crippen molar-refractivity contribution in [1.29, 1.82) is 5.26 Å². The first-order valence-corrected chi connectivity index (χ1v) is 7.43. The zero-order chi connectivity index (χ0) is 14.7. The molecule has 0 atom stereocenters. The number of aromatic nitrogens is 2. The van der Waals surface area contributed by atoms with Crippen LogP contribution in [0.4, 0.5) is 0 Å². The van der Waals surface area contributed by atoms with Gasteiger partial charge >= 0.3 is 0 Å². The molecule has 1 fully saturated rings. The van der Waals surface area contributed by atoms with Gasteiger partial charge in [-0.05, 0) is 37.7 Å². The molecule has 1 N–H and O–H groups in total. The van der Waals surface area contributed by atoms with Crippen LogP contribution in [0.3, 0.4) is 0 Å². The minimum atomic E-state index is -0.632. The first-order chi connectivity index (χ1) is 10.2. The van der Waals surface area contributed by atoms with Crippen molar-refractivity contribution in [3.05, 3.63) is 23.8 Å². The SMILES string of the molecule is N#CC1(NC(=O)CN2CCc3cncnc3C2)CCCC1. The Morgan fingerprint density at radius 1 is 1.48 bits per heavy atom. The predicted molar refractivity (Wildman–Crippen MR) is 76.0 cm³/mol. The van der Waals surface area contributed by atoms with Gasteiger partial charge in [0, 0.05) is 19.3 Å². The molecule has 6 nitrogen and oxygen atoms in total. The second kappa shape index (κ2) is 5.78. The lowest BCUT2D eigenvalue weighted by Crippen LogP contribution is -2.49. The number of nitrogens with zero attached hydrogens (tertiary/aromatic N) is 4. The second-order valence-corrected chi connectivity index (χ2v) is 5.90. The van der Waals surface area contributed by atoms with E-state index in [4.69, 9.17) is 0 Å². The summed E-state index contributed by atoms with van der Waals surface area (Å²) < 4.78 is 0. The molecule has 0 unspecified atom stereocenters. The Labute approximate surface area is 124 Å². The van der Waals surface area contributed by atoms with Crippen LogP contribution in [0.1, 0.15) is 36.9 Å². The zero-order valence-electron chi connectivity index (χ0n) is 12.0. The molecular formula is C15H19N5O. The summed E-state index contributed by atoms with van der Waals surface area (Å²) in [7, 11) is 0. The highest BCUT2D eigenvalue weighted by Crippen LogP contribution is 2.28. The molecule has 0 spiro atoms. The van der Waals surface area contributed by atoms with Gasteiger partial charge in [0.05, 0.1) is 18.3 Å².